The van der Waals surface area contributed by atoms with Gasteiger partial charge in [-0.2, -0.15) is 0 Å². The van der Waals surface area contributed by atoms with E-state index >= 15 is 0 Å². The second-order valence-corrected chi connectivity index (χ2v) is 4.92. The third-order valence-electron chi connectivity index (χ3n) is 2.64. The minimum atomic E-state index is -0.972. The van der Waals surface area contributed by atoms with E-state index in [1.165, 1.54) is 6.07 Å². The summed E-state index contributed by atoms with van der Waals surface area (Å²) in [6.45, 7) is 2.99. The molecule has 5 nitrogen and oxygen atoms in total. The molecule has 1 rings (SSSR count). The Labute approximate surface area is 120 Å². The highest BCUT2D eigenvalue weighted by Crippen LogP contribution is 2.27. The number of anilines is 1. The Balaban J connectivity index is 3.02. The molecule has 0 atom stereocenters. The molecule has 0 saturated heterocycles. The maximum atomic E-state index is 11.5. The SMILES string of the molecule is CCCN(CC(=O)NC)c1ccc(C(=O)O)cc1Br. The van der Waals surface area contributed by atoms with Gasteiger partial charge in [-0.15, -0.1) is 0 Å². The highest BCUT2D eigenvalue weighted by molar-refractivity contribution is 9.10. The van der Waals surface area contributed by atoms with Gasteiger partial charge < -0.3 is 15.3 Å². The van der Waals surface area contributed by atoms with Crippen LogP contribution in [0.5, 0.6) is 0 Å². The summed E-state index contributed by atoms with van der Waals surface area (Å²) >= 11 is 3.36. The summed E-state index contributed by atoms with van der Waals surface area (Å²) in [5, 5.41) is 11.5. The van der Waals surface area contributed by atoms with Crippen LogP contribution >= 0.6 is 15.9 Å². The number of carbonyl (C=O) groups excluding carboxylic acids is 1. The van der Waals surface area contributed by atoms with Crippen molar-refractivity contribution in [2.24, 2.45) is 0 Å². The first kappa shape index (κ1) is 15.5. The van der Waals surface area contributed by atoms with Gasteiger partial charge in [0.05, 0.1) is 17.8 Å². The molecule has 0 radical (unpaired) electrons. The largest absolute Gasteiger partial charge is 0.478 e. The van der Waals surface area contributed by atoms with E-state index in [0.29, 0.717) is 4.47 Å². The Morgan fingerprint density at radius 3 is 2.58 bits per heavy atom. The minimum absolute atomic E-state index is 0.0809. The van der Waals surface area contributed by atoms with Gasteiger partial charge in [0.2, 0.25) is 5.91 Å². The number of aromatic carboxylic acids is 1. The summed E-state index contributed by atoms with van der Waals surface area (Å²) in [6.07, 6.45) is 0.893. The number of carboxylic acids is 1. The summed E-state index contributed by atoms with van der Waals surface area (Å²) in [5.74, 6) is -1.05. The van der Waals surface area contributed by atoms with Crippen LogP contribution in [-0.4, -0.2) is 37.1 Å². The van der Waals surface area contributed by atoms with Gasteiger partial charge in [0.15, 0.2) is 0 Å². The van der Waals surface area contributed by atoms with Gasteiger partial charge >= 0.3 is 5.97 Å². The van der Waals surface area contributed by atoms with Gasteiger partial charge in [-0.25, -0.2) is 4.79 Å². The third-order valence-corrected chi connectivity index (χ3v) is 3.28. The molecule has 2 N–H and O–H groups in total. The van der Waals surface area contributed by atoms with Crippen LogP contribution in [0.15, 0.2) is 22.7 Å². The zero-order chi connectivity index (χ0) is 14.4. The van der Waals surface area contributed by atoms with Crippen molar-refractivity contribution in [3.8, 4) is 0 Å². The Morgan fingerprint density at radius 1 is 1.42 bits per heavy atom. The van der Waals surface area contributed by atoms with E-state index in [-0.39, 0.29) is 18.0 Å². The third kappa shape index (κ3) is 4.24. The molecule has 1 aromatic carbocycles. The fraction of sp³-hybridized carbons (Fsp3) is 0.385. The highest BCUT2D eigenvalue weighted by atomic mass is 79.9. The van der Waals surface area contributed by atoms with E-state index in [2.05, 4.69) is 21.2 Å². The number of benzene rings is 1. The lowest BCUT2D eigenvalue weighted by molar-refractivity contribution is -0.119. The molecule has 19 heavy (non-hydrogen) atoms. The number of rotatable bonds is 6. The maximum absolute atomic E-state index is 11.5. The molecule has 0 aliphatic carbocycles. The number of amides is 1. The normalized spacial score (nSPS) is 10.1. The highest BCUT2D eigenvalue weighted by Gasteiger charge is 2.14. The molecule has 0 aliphatic rings. The van der Waals surface area contributed by atoms with Crippen LogP contribution in [0.1, 0.15) is 23.7 Å². The quantitative estimate of drug-likeness (QED) is 0.839. The molecular formula is C13H17BrN2O3. The smallest absolute Gasteiger partial charge is 0.335 e. The van der Waals surface area contributed by atoms with E-state index in [1.54, 1.807) is 19.2 Å². The number of hydrogen-bond acceptors (Lipinski definition) is 3. The van der Waals surface area contributed by atoms with Crippen molar-refractivity contribution in [2.45, 2.75) is 13.3 Å². The topological polar surface area (TPSA) is 69.6 Å². The molecule has 0 saturated carbocycles. The van der Waals surface area contributed by atoms with Crippen LogP contribution < -0.4 is 10.2 Å². The van der Waals surface area contributed by atoms with E-state index in [1.807, 2.05) is 11.8 Å². The van der Waals surface area contributed by atoms with Crippen molar-refractivity contribution < 1.29 is 14.7 Å². The van der Waals surface area contributed by atoms with Gasteiger partial charge in [0, 0.05) is 18.1 Å². The lowest BCUT2D eigenvalue weighted by Gasteiger charge is -2.24. The monoisotopic (exact) mass is 328 g/mol. The number of hydrogen-bond donors (Lipinski definition) is 2. The fourth-order valence-electron chi connectivity index (χ4n) is 1.70. The summed E-state index contributed by atoms with van der Waals surface area (Å²) < 4.78 is 0.671. The van der Waals surface area contributed by atoms with Gasteiger partial charge in [0.25, 0.3) is 0 Å². The lowest BCUT2D eigenvalue weighted by atomic mass is 10.2. The molecule has 0 aliphatic heterocycles. The van der Waals surface area contributed by atoms with Crippen molar-refractivity contribution in [1.29, 1.82) is 0 Å². The van der Waals surface area contributed by atoms with E-state index < -0.39 is 5.97 Å². The van der Waals surface area contributed by atoms with Crippen LogP contribution in [0.2, 0.25) is 0 Å². The molecule has 0 heterocycles. The summed E-state index contributed by atoms with van der Waals surface area (Å²) in [6, 6.07) is 4.80. The van der Waals surface area contributed by atoms with Crippen molar-refractivity contribution in [3.63, 3.8) is 0 Å². The van der Waals surface area contributed by atoms with Crippen LogP contribution in [-0.2, 0) is 4.79 Å². The first-order valence-corrected chi connectivity index (χ1v) is 6.77. The van der Waals surface area contributed by atoms with E-state index in [0.717, 1.165) is 18.7 Å². The van der Waals surface area contributed by atoms with E-state index in [9.17, 15) is 9.59 Å². The number of likely N-dealkylation sites (N-methyl/N-ethyl adjacent to an activating group) is 1. The Hall–Kier alpha value is -1.56. The zero-order valence-electron chi connectivity index (χ0n) is 10.9. The second kappa shape index (κ2) is 7.13. The molecule has 104 valence electrons. The number of nitrogens with one attached hydrogen (secondary N) is 1. The van der Waals surface area contributed by atoms with Crippen molar-refractivity contribution >= 4 is 33.5 Å². The fourth-order valence-corrected chi connectivity index (χ4v) is 2.33. The molecule has 6 heteroatoms. The summed E-state index contributed by atoms with van der Waals surface area (Å²) in [4.78, 5) is 24.3. The number of nitrogens with zero attached hydrogens (tertiary/aromatic N) is 1. The summed E-state index contributed by atoms with van der Waals surface area (Å²) in [5.41, 5.74) is 1.03. The first-order valence-electron chi connectivity index (χ1n) is 5.98. The van der Waals surface area contributed by atoms with Gasteiger partial charge in [-0.3, -0.25) is 4.79 Å². The molecule has 0 aromatic heterocycles. The van der Waals surface area contributed by atoms with Crippen LogP contribution in [0.4, 0.5) is 5.69 Å². The number of carboxylic acid groups (broad SMARTS) is 1. The van der Waals surface area contributed by atoms with Crippen molar-refractivity contribution in [3.05, 3.63) is 28.2 Å². The molecule has 0 fully saturated rings. The second-order valence-electron chi connectivity index (χ2n) is 4.07. The van der Waals surface area contributed by atoms with Crippen molar-refractivity contribution in [1.82, 2.24) is 5.32 Å². The molecule has 0 spiro atoms. The number of carbonyl (C=O) groups is 2. The Bertz CT molecular complexity index is 477. The van der Waals surface area contributed by atoms with Crippen LogP contribution in [0.25, 0.3) is 0 Å². The average Bonchev–Trinajstić information content (AvgIpc) is 2.37. The van der Waals surface area contributed by atoms with Crippen LogP contribution in [0, 0.1) is 0 Å². The molecule has 0 bridgehead atoms. The Morgan fingerprint density at radius 2 is 2.11 bits per heavy atom. The molecular weight excluding hydrogens is 312 g/mol. The van der Waals surface area contributed by atoms with Crippen molar-refractivity contribution in [2.75, 3.05) is 25.0 Å². The number of halogens is 1. The predicted octanol–water partition coefficient (Wildman–Crippen LogP) is 2.11. The van der Waals surface area contributed by atoms with Gasteiger partial charge in [-0.1, -0.05) is 6.92 Å². The first-order chi connectivity index (χ1) is 8.99. The van der Waals surface area contributed by atoms with Gasteiger partial charge in [0.1, 0.15) is 0 Å². The standard InChI is InChI=1S/C13H17BrN2O3/c1-3-6-16(8-12(17)15-2)11-5-4-9(13(18)19)7-10(11)14/h4-5,7H,3,6,8H2,1-2H3,(H,15,17)(H,18,19). The zero-order valence-corrected chi connectivity index (χ0v) is 12.5. The van der Waals surface area contributed by atoms with Gasteiger partial charge in [-0.05, 0) is 40.5 Å². The maximum Gasteiger partial charge on any atom is 0.335 e. The average molecular weight is 329 g/mol. The predicted molar refractivity (Wildman–Crippen MR) is 77.7 cm³/mol. The van der Waals surface area contributed by atoms with Crippen LogP contribution in [0.3, 0.4) is 0 Å². The molecule has 1 aromatic rings. The molecule has 0 unspecified atom stereocenters. The van der Waals surface area contributed by atoms with E-state index in [4.69, 9.17) is 5.11 Å². The summed E-state index contributed by atoms with van der Waals surface area (Å²) in [7, 11) is 1.59. The Kier molecular flexibility index (Phi) is 5.82. The molecule has 1 amide bonds. The minimum Gasteiger partial charge on any atom is -0.478 e. The lowest BCUT2D eigenvalue weighted by Crippen LogP contribution is -2.36.